The fraction of sp³-hybridized carbons (Fsp3) is 0.231. The molecule has 1 aromatic heterocycles. The lowest BCUT2D eigenvalue weighted by atomic mass is 10.3. The minimum atomic E-state index is -0.988. The van der Waals surface area contributed by atoms with Gasteiger partial charge in [0.1, 0.15) is 5.75 Å². The number of aliphatic carboxylic acids is 1. The number of carbonyl (C=O) groups is 1. The van der Waals surface area contributed by atoms with Gasteiger partial charge in [-0.2, -0.15) is 5.10 Å². The van der Waals surface area contributed by atoms with Gasteiger partial charge in [-0.3, -0.25) is 0 Å². The van der Waals surface area contributed by atoms with Crippen molar-refractivity contribution >= 4 is 5.97 Å². The van der Waals surface area contributed by atoms with Crippen LogP contribution in [0.2, 0.25) is 0 Å². The summed E-state index contributed by atoms with van der Waals surface area (Å²) in [4.78, 5) is 10.4. The van der Waals surface area contributed by atoms with E-state index in [-0.39, 0.29) is 6.61 Å². The van der Waals surface area contributed by atoms with Gasteiger partial charge in [0.05, 0.1) is 11.4 Å². The van der Waals surface area contributed by atoms with Gasteiger partial charge in [-0.15, -0.1) is 0 Å². The molecule has 0 bridgehead atoms. The fourth-order valence-electron chi connectivity index (χ4n) is 1.72. The van der Waals surface area contributed by atoms with Crippen LogP contribution in [0.25, 0.3) is 5.69 Å². The van der Waals surface area contributed by atoms with E-state index in [1.165, 1.54) is 0 Å². The van der Waals surface area contributed by atoms with E-state index in [0.717, 1.165) is 17.1 Å². The van der Waals surface area contributed by atoms with E-state index in [4.69, 9.17) is 9.84 Å². The summed E-state index contributed by atoms with van der Waals surface area (Å²) in [6.45, 7) is 3.59. The van der Waals surface area contributed by atoms with E-state index in [0.29, 0.717) is 5.75 Å². The number of rotatable bonds is 4. The lowest BCUT2D eigenvalue weighted by Crippen LogP contribution is -2.09. The zero-order valence-electron chi connectivity index (χ0n) is 10.3. The number of carboxylic acids is 1. The molecule has 0 aliphatic carbocycles. The average molecular weight is 246 g/mol. The topological polar surface area (TPSA) is 64.3 Å². The maximum absolute atomic E-state index is 10.4. The SMILES string of the molecule is Cc1cc(C)n(-c2ccc(OCC(=O)O)cc2)n1. The van der Waals surface area contributed by atoms with E-state index in [1.54, 1.807) is 12.1 Å². The van der Waals surface area contributed by atoms with Crippen LogP contribution in [0.3, 0.4) is 0 Å². The van der Waals surface area contributed by atoms with Gasteiger partial charge in [0, 0.05) is 5.69 Å². The number of benzene rings is 1. The number of carboxylic acid groups (broad SMARTS) is 1. The molecule has 2 aromatic rings. The molecule has 2 rings (SSSR count). The van der Waals surface area contributed by atoms with Crippen LogP contribution in [-0.4, -0.2) is 27.5 Å². The Morgan fingerprint density at radius 1 is 1.33 bits per heavy atom. The quantitative estimate of drug-likeness (QED) is 0.895. The lowest BCUT2D eigenvalue weighted by Gasteiger charge is -2.06. The molecule has 0 unspecified atom stereocenters. The Labute approximate surface area is 105 Å². The smallest absolute Gasteiger partial charge is 0.341 e. The number of aryl methyl sites for hydroxylation is 2. The third-order valence-corrected chi connectivity index (χ3v) is 2.45. The molecule has 0 saturated heterocycles. The molecule has 0 atom stereocenters. The normalized spacial score (nSPS) is 10.3. The fourth-order valence-corrected chi connectivity index (χ4v) is 1.72. The van der Waals surface area contributed by atoms with Crippen molar-refractivity contribution in [2.75, 3.05) is 6.61 Å². The molecule has 0 fully saturated rings. The van der Waals surface area contributed by atoms with Gasteiger partial charge in [0.25, 0.3) is 0 Å². The zero-order valence-corrected chi connectivity index (χ0v) is 10.3. The highest BCUT2D eigenvalue weighted by Crippen LogP contribution is 2.16. The maximum atomic E-state index is 10.4. The summed E-state index contributed by atoms with van der Waals surface area (Å²) >= 11 is 0. The van der Waals surface area contributed by atoms with Gasteiger partial charge >= 0.3 is 5.97 Å². The molecule has 18 heavy (non-hydrogen) atoms. The number of aromatic nitrogens is 2. The first-order chi connectivity index (χ1) is 8.56. The number of hydrogen-bond donors (Lipinski definition) is 1. The largest absolute Gasteiger partial charge is 0.482 e. The van der Waals surface area contributed by atoms with Crippen LogP contribution in [0.4, 0.5) is 0 Å². The predicted octanol–water partition coefficient (Wildman–Crippen LogP) is 1.95. The van der Waals surface area contributed by atoms with Crippen molar-refractivity contribution in [1.29, 1.82) is 0 Å². The first kappa shape index (κ1) is 12.2. The molecule has 1 aromatic carbocycles. The maximum Gasteiger partial charge on any atom is 0.341 e. The van der Waals surface area contributed by atoms with Crippen molar-refractivity contribution < 1.29 is 14.6 Å². The summed E-state index contributed by atoms with van der Waals surface area (Å²) < 4.78 is 6.89. The summed E-state index contributed by atoms with van der Waals surface area (Å²) in [5.74, 6) is -0.458. The molecular weight excluding hydrogens is 232 g/mol. The number of ether oxygens (including phenoxy) is 1. The van der Waals surface area contributed by atoms with Gasteiger partial charge in [0.15, 0.2) is 6.61 Å². The van der Waals surface area contributed by atoms with Gasteiger partial charge in [-0.05, 0) is 44.2 Å². The van der Waals surface area contributed by atoms with Crippen LogP contribution >= 0.6 is 0 Å². The molecule has 0 radical (unpaired) electrons. The molecule has 0 saturated carbocycles. The Kier molecular flexibility index (Phi) is 3.32. The van der Waals surface area contributed by atoms with Crippen LogP contribution in [-0.2, 0) is 4.79 Å². The monoisotopic (exact) mass is 246 g/mol. The zero-order chi connectivity index (χ0) is 13.1. The van der Waals surface area contributed by atoms with Gasteiger partial charge in [-0.1, -0.05) is 0 Å². The first-order valence-corrected chi connectivity index (χ1v) is 5.54. The first-order valence-electron chi connectivity index (χ1n) is 5.54. The highest BCUT2D eigenvalue weighted by Gasteiger charge is 2.04. The molecule has 0 aliphatic rings. The summed E-state index contributed by atoms with van der Waals surface area (Å²) in [7, 11) is 0. The summed E-state index contributed by atoms with van der Waals surface area (Å²) in [6.07, 6.45) is 0. The van der Waals surface area contributed by atoms with E-state index >= 15 is 0 Å². The Morgan fingerprint density at radius 3 is 2.50 bits per heavy atom. The van der Waals surface area contributed by atoms with Crippen molar-refractivity contribution in [1.82, 2.24) is 9.78 Å². The third-order valence-electron chi connectivity index (χ3n) is 2.45. The Bertz CT molecular complexity index is 558. The van der Waals surface area contributed by atoms with E-state index in [2.05, 4.69) is 5.10 Å². The highest BCUT2D eigenvalue weighted by molar-refractivity contribution is 5.68. The van der Waals surface area contributed by atoms with Crippen LogP contribution in [0.15, 0.2) is 30.3 Å². The minimum absolute atomic E-state index is 0.334. The Hall–Kier alpha value is -2.30. The van der Waals surface area contributed by atoms with Crippen molar-refractivity contribution in [3.05, 3.63) is 41.7 Å². The van der Waals surface area contributed by atoms with Crippen LogP contribution in [0.1, 0.15) is 11.4 Å². The molecule has 0 spiro atoms. The van der Waals surface area contributed by atoms with Gasteiger partial charge in [0.2, 0.25) is 0 Å². The molecule has 5 heteroatoms. The molecular formula is C13H14N2O3. The van der Waals surface area contributed by atoms with Crippen LogP contribution in [0.5, 0.6) is 5.75 Å². The van der Waals surface area contributed by atoms with E-state index in [9.17, 15) is 4.79 Å². The second kappa shape index (κ2) is 4.91. The molecule has 94 valence electrons. The van der Waals surface area contributed by atoms with Crippen molar-refractivity contribution in [2.24, 2.45) is 0 Å². The number of nitrogens with zero attached hydrogens (tertiary/aromatic N) is 2. The summed E-state index contributed by atoms with van der Waals surface area (Å²) in [5, 5.41) is 12.9. The average Bonchev–Trinajstić information content (AvgIpc) is 2.66. The summed E-state index contributed by atoms with van der Waals surface area (Å²) in [6, 6.07) is 9.14. The standard InChI is InChI=1S/C13H14N2O3/c1-9-7-10(2)15(14-9)11-3-5-12(6-4-11)18-8-13(16)17/h3-7H,8H2,1-2H3,(H,16,17). The van der Waals surface area contributed by atoms with Crippen molar-refractivity contribution in [2.45, 2.75) is 13.8 Å². The second-order valence-electron chi connectivity index (χ2n) is 4.02. The van der Waals surface area contributed by atoms with Crippen molar-refractivity contribution in [3.8, 4) is 11.4 Å². The molecule has 1 heterocycles. The van der Waals surface area contributed by atoms with Gasteiger partial charge < -0.3 is 9.84 Å². The molecule has 0 amide bonds. The van der Waals surface area contributed by atoms with Crippen LogP contribution < -0.4 is 4.74 Å². The molecule has 0 aliphatic heterocycles. The molecule has 5 nitrogen and oxygen atoms in total. The highest BCUT2D eigenvalue weighted by atomic mass is 16.5. The Balaban J connectivity index is 2.17. The second-order valence-corrected chi connectivity index (χ2v) is 4.02. The summed E-state index contributed by atoms with van der Waals surface area (Å²) in [5.41, 5.74) is 2.92. The number of hydrogen-bond acceptors (Lipinski definition) is 3. The Morgan fingerprint density at radius 2 is 2.00 bits per heavy atom. The predicted molar refractivity (Wildman–Crippen MR) is 66.2 cm³/mol. The van der Waals surface area contributed by atoms with Crippen LogP contribution in [0, 0.1) is 13.8 Å². The van der Waals surface area contributed by atoms with E-state index in [1.807, 2.05) is 36.7 Å². The van der Waals surface area contributed by atoms with Gasteiger partial charge in [-0.25, -0.2) is 9.48 Å². The lowest BCUT2D eigenvalue weighted by molar-refractivity contribution is -0.139. The van der Waals surface area contributed by atoms with E-state index < -0.39 is 5.97 Å². The molecule has 1 N–H and O–H groups in total. The minimum Gasteiger partial charge on any atom is -0.482 e. The van der Waals surface area contributed by atoms with Crippen molar-refractivity contribution in [3.63, 3.8) is 0 Å². The third kappa shape index (κ3) is 2.68.